The average molecular weight is 371 g/mol. The summed E-state index contributed by atoms with van der Waals surface area (Å²) in [5, 5.41) is 2.78. The highest BCUT2D eigenvalue weighted by Crippen LogP contribution is 2.26. The van der Waals surface area contributed by atoms with Crippen molar-refractivity contribution in [2.75, 3.05) is 13.2 Å². The molecule has 1 atom stereocenters. The van der Waals surface area contributed by atoms with Gasteiger partial charge >= 0.3 is 0 Å². The third kappa shape index (κ3) is 3.24. The average Bonchev–Trinajstić information content (AvgIpc) is 3.37. The van der Waals surface area contributed by atoms with Crippen molar-refractivity contribution in [1.82, 2.24) is 14.5 Å². The summed E-state index contributed by atoms with van der Waals surface area (Å²) in [7, 11) is 0. The second-order valence-corrected chi connectivity index (χ2v) is 7.46. The van der Waals surface area contributed by atoms with E-state index < -0.39 is 0 Å². The van der Waals surface area contributed by atoms with Crippen molar-refractivity contribution >= 4 is 27.3 Å². The highest BCUT2D eigenvalue weighted by atomic mass is 32.1. The maximum atomic E-state index is 12.7. The molecule has 0 aromatic carbocycles. The molecule has 0 N–H and O–H groups in total. The lowest BCUT2D eigenvalue weighted by Gasteiger charge is -2.14. The van der Waals surface area contributed by atoms with Crippen LogP contribution in [0.15, 0.2) is 23.8 Å². The molecule has 1 aliphatic heterocycles. The Bertz CT molecular complexity index is 941. The van der Waals surface area contributed by atoms with E-state index in [-0.39, 0.29) is 18.5 Å². The second-order valence-electron chi connectivity index (χ2n) is 6.56. The number of nitrogens with zero attached hydrogens (tertiary/aromatic N) is 3. The van der Waals surface area contributed by atoms with Crippen LogP contribution < -0.4 is 4.74 Å². The summed E-state index contributed by atoms with van der Waals surface area (Å²) in [6.07, 6.45) is 3.89. The molecule has 4 rings (SSSR count). The molecule has 1 fully saturated rings. The SMILES string of the molecule is Cc1cc(C(=O)COc2ncnc3sccc23)c(C)n1C[C@H]1CCCO1. The van der Waals surface area contributed by atoms with Crippen LogP contribution in [-0.4, -0.2) is 39.6 Å². The molecule has 6 nitrogen and oxygen atoms in total. The number of hydrogen-bond acceptors (Lipinski definition) is 6. The summed E-state index contributed by atoms with van der Waals surface area (Å²) in [5.41, 5.74) is 2.75. The summed E-state index contributed by atoms with van der Waals surface area (Å²) in [4.78, 5) is 21.9. The Labute approximate surface area is 155 Å². The summed E-state index contributed by atoms with van der Waals surface area (Å²) in [5.74, 6) is 0.413. The zero-order valence-electron chi connectivity index (χ0n) is 14.9. The van der Waals surface area contributed by atoms with Crippen molar-refractivity contribution in [3.05, 3.63) is 40.8 Å². The maximum Gasteiger partial charge on any atom is 0.225 e. The number of ketones is 1. The van der Waals surface area contributed by atoms with Crippen molar-refractivity contribution in [3.8, 4) is 5.88 Å². The number of rotatable bonds is 6. The van der Waals surface area contributed by atoms with Crippen molar-refractivity contribution in [2.45, 2.75) is 39.3 Å². The Morgan fingerprint density at radius 3 is 3.12 bits per heavy atom. The molecule has 3 aromatic heterocycles. The topological polar surface area (TPSA) is 66.2 Å². The first-order valence-electron chi connectivity index (χ1n) is 8.76. The van der Waals surface area contributed by atoms with Gasteiger partial charge in [-0.05, 0) is 44.2 Å². The van der Waals surface area contributed by atoms with Crippen molar-refractivity contribution < 1.29 is 14.3 Å². The van der Waals surface area contributed by atoms with Gasteiger partial charge in [0.1, 0.15) is 11.2 Å². The molecule has 3 aromatic rings. The van der Waals surface area contributed by atoms with Crippen LogP contribution in [0, 0.1) is 13.8 Å². The zero-order valence-corrected chi connectivity index (χ0v) is 15.7. The van der Waals surface area contributed by atoms with Gasteiger partial charge in [-0.3, -0.25) is 4.79 Å². The van der Waals surface area contributed by atoms with Gasteiger partial charge in [0.2, 0.25) is 11.7 Å². The van der Waals surface area contributed by atoms with Crippen LogP contribution >= 0.6 is 11.3 Å². The molecule has 1 saturated heterocycles. The molecule has 0 saturated carbocycles. The van der Waals surface area contributed by atoms with Crippen molar-refractivity contribution in [1.29, 1.82) is 0 Å². The Kier molecular flexibility index (Phi) is 4.74. The van der Waals surface area contributed by atoms with Crippen LogP contribution in [-0.2, 0) is 11.3 Å². The fourth-order valence-electron chi connectivity index (χ4n) is 3.45. The van der Waals surface area contributed by atoms with Gasteiger partial charge in [0.25, 0.3) is 0 Å². The van der Waals surface area contributed by atoms with Crippen LogP contribution in [0.4, 0.5) is 0 Å². The zero-order chi connectivity index (χ0) is 18.1. The quantitative estimate of drug-likeness (QED) is 0.620. The number of fused-ring (bicyclic) bond motifs is 1. The van der Waals surface area contributed by atoms with Crippen molar-refractivity contribution in [3.63, 3.8) is 0 Å². The highest BCUT2D eigenvalue weighted by molar-refractivity contribution is 7.16. The van der Waals surface area contributed by atoms with Crippen LogP contribution in [0.1, 0.15) is 34.6 Å². The van der Waals surface area contributed by atoms with E-state index in [1.165, 1.54) is 17.7 Å². The number of ether oxygens (including phenoxy) is 2. The number of thiophene rings is 1. The van der Waals surface area contributed by atoms with Crippen LogP contribution in [0.2, 0.25) is 0 Å². The first kappa shape index (κ1) is 17.2. The number of aromatic nitrogens is 3. The predicted octanol–water partition coefficient (Wildman–Crippen LogP) is 3.55. The van der Waals surface area contributed by atoms with E-state index in [1.807, 2.05) is 31.4 Å². The number of Topliss-reactive ketones (excluding diaryl/α,β-unsaturated/α-hetero) is 1. The maximum absolute atomic E-state index is 12.7. The first-order valence-corrected chi connectivity index (χ1v) is 9.64. The van der Waals surface area contributed by atoms with Gasteiger partial charge in [-0.25, -0.2) is 9.97 Å². The lowest BCUT2D eigenvalue weighted by molar-refractivity contribution is 0.0912. The van der Waals surface area contributed by atoms with Gasteiger partial charge in [-0.15, -0.1) is 11.3 Å². The molecule has 136 valence electrons. The number of carbonyl (C=O) groups is 1. The minimum absolute atomic E-state index is 0.0355. The Balaban J connectivity index is 1.48. The monoisotopic (exact) mass is 371 g/mol. The molecular weight excluding hydrogens is 350 g/mol. The smallest absolute Gasteiger partial charge is 0.225 e. The predicted molar refractivity (Wildman–Crippen MR) is 100 cm³/mol. The van der Waals surface area contributed by atoms with Gasteiger partial charge in [-0.2, -0.15) is 0 Å². The summed E-state index contributed by atoms with van der Waals surface area (Å²) in [6.45, 7) is 5.61. The molecule has 0 unspecified atom stereocenters. The first-order chi connectivity index (χ1) is 12.6. The number of aryl methyl sites for hydroxylation is 1. The summed E-state index contributed by atoms with van der Waals surface area (Å²) >= 11 is 1.52. The molecule has 0 amide bonds. The van der Waals surface area contributed by atoms with Gasteiger partial charge < -0.3 is 14.0 Å². The van der Waals surface area contributed by atoms with E-state index in [2.05, 4.69) is 14.5 Å². The largest absolute Gasteiger partial charge is 0.469 e. The summed E-state index contributed by atoms with van der Waals surface area (Å²) < 4.78 is 13.6. The van der Waals surface area contributed by atoms with Crippen LogP contribution in [0.3, 0.4) is 0 Å². The van der Waals surface area contributed by atoms with Crippen LogP contribution in [0.25, 0.3) is 10.2 Å². The summed E-state index contributed by atoms with van der Waals surface area (Å²) in [6, 6.07) is 3.85. The van der Waals surface area contributed by atoms with E-state index in [0.29, 0.717) is 11.4 Å². The normalized spacial score (nSPS) is 17.1. The second kappa shape index (κ2) is 7.17. The minimum Gasteiger partial charge on any atom is -0.469 e. The van der Waals surface area contributed by atoms with E-state index in [9.17, 15) is 4.79 Å². The van der Waals surface area contributed by atoms with Gasteiger partial charge in [0, 0.05) is 30.1 Å². The van der Waals surface area contributed by atoms with E-state index in [0.717, 1.165) is 47.6 Å². The Morgan fingerprint density at radius 2 is 2.31 bits per heavy atom. The highest BCUT2D eigenvalue weighted by Gasteiger charge is 2.21. The standard InChI is InChI=1S/C19H21N3O3S/c1-12-8-16(13(2)22(12)9-14-4-3-6-24-14)17(23)10-25-18-15-5-7-26-19(15)21-11-20-18/h5,7-8,11,14H,3-4,6,9-10H2,1-2H3/t14-/m1/s1. The van der Waals surface area contributed by atoms with E-state index in [1.54, 1.807) is 0 Å². The third-order valence-electron chi connectivity index (χ3n) is 4.85. The third-order valence-corrected chi connectivity index (χ3v) is 5.67. The van der Waals surface area contributed by atoms with Crippen LogP contribution in [0.5, 0.6) is 5.88 Å². The molecule has 7 heteroatoms. The number of carbonyl (C=O) groups excluding carboxylic acids is 1. The lowest BCUT2D eigenvalue weighted by Crippen LogP contribution is -2.18. The molecular formula is C19H21N3O3S. The minimum atomic E-state index is -0.0429. The Hall–Kier alpha value is -2.25. The Morgan fingerprint density at radius 1 is 1.42 bits per heavy atom. The van der Waals surface area contributed by atoms with Gasteiger partial charge in [0.15, 0.2) is 6.61 Å². The van der Waals surface area contributed by atoms with Gasteiger partial charge in [-0.1, -0.05) is 0 Å². The fourth-order valence-corrected chi connectivity index (χ4v) is 4.17. The molecule has 26 heavy (non-hydrogen) atoms. The molecule has 1 aliphatic rings. The number of hydrogen-bond donors (Lipinski definition) is 0. The molecule has 4 heterocycles. The molecule has 0 bridgehead atoms. The lowest BCUT2D eigenvalue weighted by atomic mass is 10.1. The van der Waals surface area contributed by atoms with Gasteiger partial charge in [0.05, 0.1) is 11.5 Å². The van der Waals surface area contributed by atoms with Crippen molar-refractivity contribution in [2.24, 2.45) is 0 Å². The van der Waals surface area contributed by atoms with E-state index >= 15 is 0 Å². The molecule has 0 radical (unpaired) electrons. The molecule has 0 spiro atoms. The fraction of sp³-hybridized carbons (Fsp3) is 0.421. The molecule has 0 aliphatic carbocycles. The van der Waals surface area contributed by atoms with E-state index in [4.69, 9.17) is 9.47 Å².